The van der Waals surface area contributed by atoms with Crippen LogP contribution < -0.4 is 10.7 Å². The molecule has 0 spiro atoms. The first kappa shape index (κ1) is 12.3. The Hall–Kier alpha value is -2.77. The molecule has 7 nitrogen and oxygen atoms in total. The first-order valence-corrected chi connectivity index (χ1v) is 5.83. The fourth-order valence-electron chi connectivity index (χ4n) is 1.99. The van der Waals surface area contributed by atoms with E-state index in [0.717, 1.165) is 0 Å². The van der Waals surface area contributed by atoms with Gasteiger partial charge in [0, 0.05) is 5.39 Å². The van der Waals surface area contributed by atoms with Crippen LogP contribution in [0.25, 0.3) is 16.6 Å². The highest BCUT2D eigenvalue weighted by molar-refractivity contribution is 5.76. The molecule has 0 bridgehead atoms. The summed E-state index contributed by atoms with van der Waals surface area (Å²) in [4.78, 5) is 0. The van der Waals surface area contributed by atoms with Crippen molar-refractivity contribution in [3.63, 3.8) is 0 Å². The van der Waals surface area contributed by atoms with Gasteiger partial charge in [-0.05, 0) is 24.3 Å². The average Bonchev–Trinajstić information content (AvgIpc) is 2.48. The number of hydrogen-bond donors (Lipinski definition) is 2. The van der Waals surface area contributed by atoms with E-state index in [1.807, 2.05) is 6.07 Å². The first-order chi connectivity index (χ1) is 9.68. The minimum Gasteiger partial charge on any atom is -0.733 e. The van der Waals surface area contributed by atoms with E-state index >= 15 is 0 Å². The van der Waals surface area contributed by atoms with Crippen molar-refractivity contribution in [3.05, 3.63) is 59.2 Å². The van der Waals surface area contributed by atoms with Gasteiger partial charge in [0.1, 0.15) is 0 Å². The van der Waals surface area contributed by atoms with E-state index in [2.05, 4.69) is 10.3 Å². The summed E-state index contributed by atoms with van der Waals surface area (Å²) in [6, 6.07) is 13.4. The molecule has 0 aliphatic rings. The lowest BCUT2D eigenvalue weighted by molar-refractivity contribution is 0.296. The zero-order chi connectivity index (χ0) is 14.1. The second kappa shape index (κ2) is 4.72. The summed E-state index contributed by atoms with van der Waals surface area (Å²) in [5.74, 6) is 0. The highest BCUT2D eigenvalue weighted by Crippen LogP contribution is 2.20. The SMILES string of the molecule is N=c1c2ccccc2nnn1-c1ccccc1N([O-])O. The van der Waals surface area contributed by atoms with Crippen LogP contribution in [0.5, 0.6) is 0 Å². The van der Waals surface area contributed by atoms with Gasteiger partial charge in [0.25, 0.3) is 0 Å². The minimum absolute atomic E-state index is 0.00409. The van der Waals surface area contributed by atoms with E-state index in [0.29, 0.717) is 10.9 Å². The van der Waals surface area contributed by atoms with Gasteiger partial charge in [-0.2, -0.15) is 4.68 Å². The minimum atomic E-state index is -0.251. The van der Waals surface area contributed by atoms with E-state index in [1.165, 1.54) is 10.7 Å². The quantitative estimate of drug-likeness (QED) is 0.687. The zero-order valence-electron chi connectivity index (χ0n) is 10.3. The maximum absolute atomic E-state index is 11.2. The Kier molecular flexibility index (Phi) is 2.90. The standard InChI is InChI=1S/C13H10N5O2/c14-13-9-5-1-2-6-10(9)15-16-17(13)11-7-3-4-8-12(11)18(19)20/h1-8,14,19H/q-1. The second-order valence-electron chi connectivity index (χ2n) is 4.13. The maximum Gasteiger partial charge on any atom is 0.158 e. The highest BCUT2D eigenvalue weighted by Gasteiger charge is 2.09. The third kappa shape index (κ3) is 1.91. The average molecular weight is 268 g/mol. The van der Waals surface area contributed by atoms with Crippen molar-refractivity contribution in [2.75, 3.05) is 5.23 Å². The number of para-hydroxylation sites is 2. The highest BCUT2D eigenvalue weighted by atomic mass is 16.8. The molecule has 0 atom stereocenters. The Balaban J connectivity index is 2.31. The van der Waals surface area contributed by atoms with E-state index in [1.54, 1.807) is 36.4 Å². The lowest BCUT2D eigenvalue weighted by Gasteiger charge is -2.24. The Morgan fingerprint density at radius 2 is 1.80 bits per heavy atom. The van der Waals surface area contributed by atoms with Crippen LogP contribution >= 0.6 is 0 Å². The van der Waals surface area contributed by atoms with Crippen molar-refractivity contribution >= 4 is 16.6 Å². The van der Waals surface area contributed by atoms with Crippen molar-refractivity contribution in [3.8, 4) is 5.69 Å². The Morgan fingerprint density at radius 1 is 1.10 bits per heavy atom. The second-order valence-corrected chi connectivity index (χ2v) is 4.13. The number of nitrogens with one attached hydrogen (secondary N) is 1. The van der Waals surface area contributed by atoms with Gasteiger partial charge in [-0.1, -0.05) is 29.5 Å². The van der Waals surface area contributed by atoms with Gasteiger partial charge in [0.2, 0.25) is 0 Å². The lowest BCUT2D eigenvalue weighted by atomic mass is 10.2. The molecule has 0 aliphatic carbocycles. The molecule has 1 heterocycles. The van der Waals surface area contributed by atoms with E-state index < -0.39 is 0 Å². The molecule has 0 unspecified atom stereocenters. The molecule has 0 amide bonds. The summed E-state index contributed by atoms with van der Waals surface area (Å²) >= 11 is 0. The van der Waals surface area contributed by atoms with Gasteiger partial charge in [-0.3, -0.25) is 10.6 Å². The molecule has 7 heteroatoms. The molecule has 0 radical (unpaired) electrons. The van der Waals surface area contributed by atoms with Crippen LogP contribution in [0.4, 0.5) is 5.69 Å². The molecule has 100 valence electrons. The summed E-state index contributed by atoms with van der Waals surface area (Å²) in [5.41, 5.74) is 0.961. The number of nitrogens with zero attached hydrogens (tertiary/aromatic N) is 4. The van der Waals surface area contributed by atoms with Gasteiger partial charge in [-0.25, -0.2) is 0 Å². The molecule has 2 aromatic carbocycles. The number of benzene rings is 2. The zero-order valence-corrected chi connectivity index (χ0v) is 10.3. The van der Waals surface area contributed by atoms with Gasteiger partial charge in [-0.15, -0.1) is 5.10 Å². The maximum atomic E-state index is 11.2. The van der Waals surface area contributed by atoms with Crippen molar-refractivity contribution in [1.82, 2.24) is 15.0 Å². The van der Waals surface area contributed by atoms with E-state index in [-0.39, 0.29) is 22.1 Å². The summed E-state index contributed by atoms with van der Waals surface area (Å²) in [6.45, 7) is 0. The molecule has 3 rings (SSSR count). The third-order valence-corrected chi connectivity index (χ3v) is 2.93. The van der Waals surface area contributed by atoms with Crippen molar-refractivity contribution < 1.29 is 5.21 Å². The smallest absolute Gasteiger partial charge is 0.158 e. The van der Waals surface area contributed by atoms with Crippen LogP contribution in [0.2, 0.25) is 0 Å². The third-order valence-electron chi connectivity index (χ3n) is 2.93. The van der Waals surface area contributed by atoms with Gasteiger partial charge in [0.05, 0.1) is 16.9 Å². The summed E-state index contributed by atoms with van der Waals surface area (Å²) < 4.78 is 1.21. The predicted octanol–water partition coefficient (Wildman–Crippen LogP) is 1.59. The Morgan fingerprint density at radius 3 is 2.60 bits per heavy atom. The summed E-state index contributed by atoms with van der Waals surface area (Å²) in [7, 11) is 0. The van der Waals surface area contributed by atoms with Gasteiger partial charge < -0.3 is 10.4 Å². The predicted molar refractivity (Wildman–Crippen MR) is 72.4 cm³/mol. The first-order valence-electron chi connectivity index (χ1n) is 5.83. The number of anilines is 1. The van der Waals surface area contributed by atoms with Crippen LogP contribution in [0.1, 0.15) is 0 Å². The van der Waals surface area contributed by atoms with Crippen LogP contribution in [0.3, 0.4) is 0 Å². The van der Waals surface area contributed by atoms with Crippen LogP contribution in [-0.2, 0) is 0 Å². The lowest BCUT2D eigenvalue weighted by Crippen LogP contribution is -2.24. The topological polar surface area (TPSA) is 101 Å². The van der Waals surface area contributed by atoms with Gasteiger partial charge in [0.15, 0.2) is 5.49 Å². The van der Waals surface area contributed by atoms with E-state index in [4.69, 9.17) is 10.6 Å². The molecule has 0 saturated heterocycles. The molecule has 3 aromatic rings. The van der Waals surface area contributed by atoms with E-state index in [9.17, 15) is 5.21 Å². The Bertz CT molecular complexity index is 828. The number of rotatable bonds is 2. The largest absolute Gasteiger partial charge is 0.733 e. The summed E-state index contributed by atoms with van der Waals surface area (Å²) in [5, 5.41) is 36.7. The normalized spacial score (nSPS) is 10.7. The van der Waals surface area contributed by atoms with Gasteiger partial charge >= 0.3 is 0 Å². The summed E-state index contributed by atoms with van der Waals surface area (Å²) in [6.07, 6.45) is 0. The number of fused-ring (bicyclic) bond motifs is 1. The molecule has 0 fully saturated rings. The van der Waals surface area contributed by atoms with Crippen LogP contribution in [-0.4, -0.2) is 20.2 Å². The molecular weight excluding hydrogens is 258 g/mol. The fraction of sp³-hybridized carbons (Fsp3) is 0. The monoisotopic (exact) mass is 268 g/mol. The van der Waals surface area contributed by atoms with Crippen molar-refractivity contribution in [2.24, 2.45) is 0 Å². The molecule has 2 N–H and O–H groups in total. The van der Waals surface area contributed by atoms with Crippen LogP contribution in [0, 0.1) is 10.6 Å². The number of hydrogen-bond acceptors (Lipinski definition) is 6. The fourth-order valence-corrected chi connectivity index (χ4v) is 1.99. The Labute approximate surface area is 113 Å². The van der Waals surface area contributed by atoms with Crippen LogP contribution in [0.15, 0.2) is 48.5 Å². The molecule has 1 aromatic heterocycles. The molecule has 20 heavy (non-hydrogen) atoms. The van der Waals surface area contributed by atoms with Crippen molar-refractivity contribution in [1.29, 1.82) is 5.41 Å². The number of aromatic nitrogens is 3. The molecule has 0 aliphatic heterocycles. The van der Waals surface area contributed by atoms with Crippen molar-refractivity contribution in [2.45, 2.75) is 0 Å². The molecular formula is C13H10N5O2-. The molecule has 0 saturated carbocycles.